The maximum absolute atomic E-state index is 11.2. The van der Waals surface area contributed by atoms with E-state index in [1.54, 1.807) is 20.3 Å². The molecule has 3 rings (SSSR count). The number of aromatic nitrogens is 1. The topological polar surface area (TPSA) is 93.7 Å². The van der Waals surface area contributed by atoms with Gasteiger partial charge >= 0.3 is 5.76 Å². The first-order chi connectivity index (χ1) is 9.62. The van der Waals surface area contributed by atoms with Gasteiger partial charge in [0, 0.05) is 33.4 Å². The van der Waals surface area contributed by atoms with E-state index in [1.165, 1.54) is 0 Å². The van der Waals surface area contributed by atoms with E-state index in [4.69, 9.17) is 19.6 Å². The van der Waals surface area contributed by atoms with Crippen LogP contribution >= 0.6 is 0 Å². The number of nitrogen functional groups attached to an aromatic ring is 1. The lowest BCUT2D eigenvalue weighted by atomic mass is 10.2. The zero-order chi connectivity index (χ0) is 14.3. The van der Waals surface area contributed by atoms with Gasteiger partial charge in [0.1, 0.15) is 12.2 Å². The predicted octanol–water partition coefficient (Wildman–Crippen LogP) is 0.553. The van der Waals surface area contributed by atoms with Crippen LogP contribution in [0.5, 0.6) is 0 Å². The number of fused-ring (bicyclic) bond motifs is 1. The molecule has 2 atom stereocenters. The van der Waals surface area contributed by atoms with E-state index < -0.39 is 5.76 Å². The molecule has 0 spiro atoms. The number of nitrogens with one attached hydrogen (secondary N) is 1. The van der Waals surface area contributed by atoms with Gasteiger partial charge in [-0.15, -0.1) is 0 Å². The van der Waals surface area contributed by atoms with Crippen LogP contribution in [0.1, 0.15) is 0 Å². The Morgan fingerprint density at radius 2 is 1.95 bits per heavy atom. The van der Waals surface area contributed by atoms with E-state index in [0.29, 0.717) is 29.9 Å². The van der Waals surface area contributed by atoms with Gasteiger partial charge in [0.15, 0.2) is 5.58 Å². The second-order valence-corrected chi connectivity index (χ2v) is 4.87. The molecule has 2 unspecified atom stereocenters. The van der Waals surface area contributed by atoms with Crippen molar-refractivity contribution in [2.24, 2.45) is 0 Å². The van der Waals surface area contributed by atoms with Crippen molar-refractivity contribution in [2.75, 3.05) is 37.9 Å². The minimum absolute atomic E-state index is 0.00139. The molecular weight excluding hydrogens is 262 g/mol. The quantitative estimate of drug-likeness (QED) is 0.797. The lowest BCUT2D eigenvalue weighted by Crippen LogP contribution is -2.27. The summed E-state index contributed by atoms with van der Waals surface area (Å²) in [5.41, 5.74) is 8.55. The molecule has 0 bridgehead atoms. The van der Waals surface area contributed by atoms with Crippen molar-refractivity contribution in [1.82, 2.24) is 4.98 Å². The van der Waals surface area contributed by atoms with Crippen LogP contribution in [0.2, 0.25) is 0 Å². The van der Waals surface area contributed by atoms with Crippen molar-refractivity contribution in [3.05, 3.63) is 22.7 Å². The average molecular weight is 279 g/mol. The highest BCUT2D eigenvalue weighted by Crippen LogP contribution is 2.31. The van der Waals surface area contributed by atoms with Crippen molar-refractivity contribution >= 4 is 22.5 Å². The Hall–Kier alpha value is -1.99. The molecule has 108 valence electrons. The fourth-order valence-corrected chi connectivity index (χ4v) is 2.67. The monoisotopic (exact) mass is 279 g/mol. The normalized spacial score (nSPS) is 22.8. The standard InChI is InChI=1S/C13H17N3O4/c1-18-11-5-16(6-12(11)19-2)9-4-8-10(3-7(9)14)20-13(17)15-8/h3-4,11-12H,5-6,14H2,1-2H3,(H,15,17). The number of nitrogens with zero attached hydrogens (tertiary/aromatic N) is 1. The molecule has 2 aromatic rings. The Morgan fingerprint density at radius 3 is 2.55 bits per heavy atom. The molecule has 3 N–H and O–H groups in total. The number of H-pyrrole nitrogens is 1. The number of benzene rings is 1. The van der Waals surface area contributed by atoms with Gasteiger partial charge in [-0.1, -0.05) is 0 Å². The van der Waals surface area contributed by atoms with Crippen LogP contribution in [-0.4, -0.2) is 44.5 Å². The van der Waals surface area contributed by atoms with Crippen LogP contribution in [0.15, 0.2) is 21.3 Å². The number of nitrogens with two attached hydrogens (primary N) is 1. The summed E-state index contributed by atoms with van der Waals surface area (Å²) >= 11 is 0. The van der Waals surface area contributed by atoms with Gasteiger partial charge < -0.3 is 24.5 Å². The van der Waals surface area contributed by atoms with Crippen molar-refractivity contribution in [1.29, 1.82) is 0 Å². The van der Waals surface area contributed by atoms with Gasteiger partial charge in [-0.05, 0) is 6.07 Å². The molecule has 7 heteroatoms. The molecule has 1 saturated heterocycles. The third-order valence-electron chi connectivity index (χ3n) is 3.73. The summed E-state index contributed by atoms with van der Waals surface area (Å²) in [5.74, 6) is -0.484. The van der Waals surface area contributed by atoms with Crippen molar-refractivity contribution < 1.29 is 13.9 Å². The van der Waals surface area contributed by atoms with Gasteiger partial charge in [-0.2, -0.15) is 0 Å². The van der Waals surface area contributed by atoms with E-state index in [2.05, 4.69) is 9.88 Å². The van der Waals surface area contributed by atoms with Crippen molar-refractivity contribution in [2.45, 2.75) is 12.2 Å². The minimum atomic E-state index is -0.484. The fraction of sp³-hybridized carbons (Fsp3) is 0.462. The SMILES string of the molecule is COC1CN(c2cc3[nH]c(=O)oc3cc2N)CC1OC. The number of ether oxygens (including phenoxy) is 2. The van der Waals surface area contributed by atoms with Gasteiger partial charge in [-0.25, -0.2) is 4.79 Å². The number of aromatic amines is 1. The third kappa shape index (κ3) is 2.04. The van der Waals surface area contributed by atoms with E-state index in [1.807, 2.05) is 6.07 Å². The Kier molecular flexibility index (Phi) is 3.15. The average Bonchev–Trinajstić information content (AvgIpc) is 2.99. The van der Waals surface area contributed by atoms with E-state index >= 15 is 0 Å². The van der Waals surface area contributed by atoms with Crippen LogP contribution in [0, 0.1) is 0 Å². The fourth-order valence-electron chi connectivity index (χ4n) is 2.67. The smallest absolute Gasteiger partial charge is 0.408 e. The highest BCUT2D eigenvalue weighted by molar-refractivity contribution is 5.85. The van der Waals surface area contributed by atoms with E-state index in [0.717, 1.165) is 5.69 Å². The van der Waals surface area contributed by atoms with Crippen LogP contribution < -0.4 is 16.4 Å². The molecule has 1 fully saturated rings. The van der Waals surface area contributed by atoms with Crippen LogP contribution in [0.4, 0.5) is 11.4 Å². The molecule has 1 aliphatic heterocycles. The van der Waals surface area contributed by atoms with Crippen LogP contribution in [-0.2, 0) is 9.47 Å². The lowest BCUT2D eigenvalue weighted by molar-refractivity contribution is -0.00461. The molecular formula is C13H17N3O4. The lowest BCUT2D eigenvalue weighted by Gasteiger charge is -2.19. The number of rotatable bonds is 3. The summed E-state index contributed by atoms with van der Waals surface area (Å²) < 4.78 is 15.8. The molecule has 0 saturated carbocycles. The van der Waals surface area contributed by atoms with Crippen molar-refractivity contribution in [3.8, 4) is 0 Å². The minimum Gasteiger partial charge on any atom is -0.408 e. The molecule has 20 heavy (non-hydrogen) atoms. The molecule has 1 aromatic heterocycles. The molecule has 1 aromatic carbocycles. The predicted molar refractivity (Wildman–Crippen MR) is 75.1 cm³/mol. The Balaban J connectivity index is 1.98. The molecule has 0 radical (unpaired) electrons. The molecule has 0 amide bonds. The largest absolute Gasteiger partial charge is 0.417 e. The van der Waals surface area contributed by atoms with Gasteiger partial charge in [-0.3, -0.25) is 4.98 Å². The highest BCUT2D eigenvalue weighted by Gasteiger charge is 2.34. The van der Waals surface area contributed by atoms with Crippen LogP contribution in [0.3, 0.4) is 0 Å². The molecule has 0 aliphatic carbocycles. The van der Waals surface area contributed by atoms with Gasteiger partial charge in [0.25, 0.3) is 0 Å². The summed E-state index contributed by atoms with van der Waals surface area (Å²) in [6.07, 6.45) is -0.00279. The molecule has 2 heterocycles. The van der Waals surface area contributed by atoms with E-state index in [-0.39, 0.29) is 12.2 Å². The number of methoxy groups -OCH3 is 2. The number of hydrogen-bond donors (Lipinski definition) is 2. The summed E-state index contributed by atoms with van der Waals surface area (Å²) in [6, 6.07) is 3.48. The Bertz CT molecular complexity index is 666. The van der Waals surface area contributed by atoms with Gasteiger partial charge in [0.2, 0.25) is 0 Å². The molecule has 7 nitrogen and oxygen atoms in total. The van der Waals surface area contributed by atoms with Crippen molar-refractivity contribution in [3.63, 3.8) is 0 Å². The zero-order valence-electron chi connectivity index (χ0n) is 11.4. The van der Waals surface area contributed by atoms with E-state index in [9.17, 15) is 4.79 Å². The first-order valence-electron chi connectivity index (χ1n) is 6.35. The zero-order valence-corrected chi connectivity index (χ0v) is 11.4. The Morgan fingerprint density at radius 1 is 1.30 bits per heavy atom. The number of anilines is 2. The highest BCUT2D eigenvalue weighted by atomic mass is 16.5. The maximum Gasteiger partial charge on any atom is 0.417 e. The summed E-state index contributed by atoms with van der Waals surface area (Å²) in [7, 11) is 3.33. The number of oxazole rings is 1. The summed E-state index contributed by atoms with van der Waals surface area (Å²) in [5, 5.41) is 0. The maximum atomic E-state index is 11.2. The Labute approximate surface area is 115 Å². The summed E-state index contributed by atoms with van der Waals surface area (Å²) in [6.45, 7) is 1.37. The van der Waals surface area contributed by atoms with Crippen LogP contribution in [0.25, 0.3) is 11.1 Å². The molecule has 1 aliphatic rings. The second kappa shape index (κ2) is 4.84. The number of hydrogen-bond acceptors (Lipinski definition) is 6. The third-order valence-corrected chi connectivity index (χ3v) is 3.73. The summed E-state index contributed by atoms with van der Waals surface area (Å²) in [4.78, 5) is 15.9. The second-order valence-electron chi connectivity index (χ2n) is 4.87. The first-order valence-corrected chi connectivity index (χ1v) is 6.35. The van der Waals surface area contributed by atoms with Gasteiger partial charge in [0.05, 0.1) is 16.9 Å². The first kappa shape index (κ1) is 13.0.